The molecule has 0 saturated carbocycles. The fourth-order valence-corrected chi connectivity index (χ4v) is 1.72. The van der Waals surface area contributed by atoms with Crippen LogP contribution in [-0.4, -0.2) is 18.5 Å². The summed E-state index contributed by atoms with van der Waals surface area (Å²) in [6.45, 7) is 13.6. The molecule has 2 nitrogen and oxygen atoms in total. The van der Waals surface area contributed by atoms with Gasteiger partial charge < -0.3 is 0 Å². The van der Waals surface area contributed by atoms with Gasteiger partial charge in [0.25, 0.3) is 0 Å². The van der Waals surface area contributed by atoms with E-state index < -0.39 is 0 Å². The van der Waals surface area contributed by atoms with Crippen molar-refractivity contribution < 1.29 is 4.79 Å². The molecule has 0 saturated heterocycles. The minimum atomic E-state index is -0.0220. The molecule has 0 heterocycles. The second-order valence-electron chi connectivity index (χ2n) is 5.94. The molecule has 0 aliphatic rings. The van der Waals surface area contributed by atoms with Crippen molar-refractivity contribution in [3.8, 4) is 0 Å². The number of hydrogen-bond acceptors (Lipinski definition) is 2. The lowest BCUT2D eigenvalue weighted by Crippen LogP contribution is -2.32. The first-order valence-electron chi connectivity index (χ1n) is 6.87. The lowest BCUT2D eigenvalue weighted by molar-refractivity contribution is -0.123. The van der Waals surface area contributed by atoms with Gasteiger partial charge in [0.15, 0.2) is 0 Å². The van der Waals surface area contributed by atoms with E-state index in [9.17, 15) is 4.79 Å². The van der Waals surface area contributed by atoms with Gasteiger partial charge >= 0.3 is 0 Å². The normalized spacial score (nSPS) is 14.5. The molecule has 0 amide bonds. The summed E-state index contributed by atoms with van der Waals surface area (Å²) in [6, 6.07) is 0. The van der Waals surface area contributed by atoms with Gasteiger partial charge in [-0.2, -0.15) is 0 Å². The predicted octanol–water partition coefficient (Wildman–Crippen LogP) is 4.13. The van der Waals surface area contributed by atoms with Crippen LogP contribution in [0, 0.1) is 17.3 Å². The van der Waals surface area contributed by atoms with Crippen LogP contribution in [0.4, 0.5) is 0 Å². The van der Waals surface area contributed by atoms with Gasteiger partial charge in [0, 0.05) is 19.2 Å². The molecule has 0 aliphatic carbocycles. The zero-order valence-corrected chi connectivity index (χ0v) is 12.4. The lowest BCUT2D eigenvalue weighted by Gasteiger charge is -2.29. The largest absolute Gasteiger partial charge is 0.299 e. The van der Waals surface area contributed by atoms with Crippen LogP contribution in [0.25, 0.3) is 0 Å². The van der Waals surface area contributed by atoms with Gasteiger partial charge in [-0.3, -0.25) is 9.79 Å². The number of aliphatic imine (C=N–C) groups is 1. The van der Waals surface area contributed by atoms with Gasteiger partial charge in [0.2, 0.25) is 0 Å². The van der Waals surface area contributed by atoms with Crippen LogP contribution in [0.5, 0.6) is 0 Å². The molecule has 0 aromatic carbocycles. The van der Waals surface area contributed by atoms with Crippen molar-refractivity contribution in [3.63, 3.8) is 0 Å². The van der Waals surface area contributed by atoms with Crippen molar-refractivity contribution in [2.24, 2.45) is 22.2 Å². The van der Waals surface area contributed by atoms with Crippen LogP contribution in [0.1, 0.15) is 60.8 Å². The third kappa shape index (κ3) is 5.99. The Kier molecular flexibility index (Phi) is 7.33. The van der Waals surface area contributed by atoms with E-state index in [1.54, 1.807) is 0 Å². The Morgan fingerprint density at radius 2 is 1.88 bits per heavy atom. The monoisotopic (exact) mass is 239 g/mol. The van der Waals surface area contributed by atoms with E-state index in [4.69, 9.17) is 0 Å². The van der Waals surface area contributed by atoms with Gasteiger partial charge in [-0.15, -0.1) is 0 Å². The molecule has 100 valence electrons. The fourth-order valence-electron chi connectivity index (χ4n) is 1.72. The van der Waals surface area contributed by atoms with E-state index in [0.29, 0.717) is 18.1 Å². The van der Waals surface area contributed by atoms with Gasteiger partial charge in [-0.1, -0.05) is 41.5 Å². The van der Waals surface area contributed by atoms with Crippen LogP contribution in [0.3, 0.4) is 0 Å². The Hall–Kier alpha value is -0.660. The molecule has 0 N–H and O–H groups in total. The number of Topliss-reactive ketones (excluding diaryl/α,β-unsaturated/α-hetero) is 1. The summed E-state index contributed by atoms with van der Waals surface area (Å²) in [6.07, 6.45) is 4.50. The molecule has 17 heavy (non-hydrogen) atoms. The highest BCUT2D eigenvalue weighted by molar-refractivity contribution is 5.95. The Balaban J connectivity index is 4.74. The van der Waals surface area contributed by atoms with Crippen LogP contribution < -0.4 is 0 Å². The third-order valence-electron chi connectivity index (χ3n) is 3.32. The summed E-state index contributed by atoms with van der Waals surface area (Å²) in [7, 11) is 0. The van der Waals surface area contributed by atoms with E-state index in [-0.39, 0.29) is 11.3 Å². The van der Waals surface area contributed by atoms with E-state index >= 15 is 0 Å². The summed E-state index contributed by atoms with van der Waals surface area (Å²) in [5, 5.41) is 0. The van der Waals surface area contributed by atoms with Crippen LogP contribution in [-0.2, 0) is 4.79 Å². The minimum absolute atomic E-state index is 0.0206. The average molecular weight is 239 g/mol. The highest BCUT2D eigenvalue weighted by atomic mass is 16.1. The van der Waals surface area contributed by atoms with Crippen molar-refractivity contribution in [3.05, 3.63) is 0 Å². The highest BCUT2D eigenvalue weighted by Crippen LogP contribution is 2.31. The number of carbonyl (C=O) groups excluding carboxylic acids is 1. The Morgan fingerprint density at radius 3 is 2.29 bits per heavy atom. The molecule has 0 fully saturated rings. The number of nitrogens with zero attached hydrogens (tertiary/aromatic N) is 1. The number of carbonyl (C=O) groups is 1. The first-order chi connectivity index (χ1) is 7.85. The van der Waals surface area contributed by atoms with E-state index in [2.05, 4.69) is 46.5 Å². The van der Waals surface area contributed by atoms with Crippen molar-refractivity contribution >= 4 is 12.0 Å². The van der Waals surface area contributed by atoms with Crippen molar-refractivity contribution in [2.75, 3.05) is 6.54 Å². The highest BCUT2D eigenvalue weighted by Gasteiger charge is 2.31. The lowest BCUT2D eigenvalue weighted by atomic mass is 9.74. The van der Waals surface area contributed by atoms with Crippen molar-refractivity contribution in [2.45, 2.75) is 60.8 Å². The second-order valence-corrected chi connectivity index (χ2v) is 5.94. The van der Waals surface area contributed by atoms with Gasteiger partial charge in [-0.05, 0) is 24.2 Å². The molecule has 0 spiro atoms. The van der Waals surface area contributed by atoms with Crippen LogP contribution >= 0.6 is 0 Å². The molecule has 1 atom stereocenters. The minimum Gasteiger partial charge on any atom is -0.299 e. The molecular formula is C15H29NO. The standard InChI is InChI=1S/C15H29NO/c1-7-9-14(17)13(15(5,6)8-2)11-16-10-12(3)4/h11-13H,7-10H2,1-6H3. The SMILES string of the molecule is CCCC(=O)C(C=NCC(C)C)C(C)(C)CC. The summed E-state index contributed by atoms with van der Waals surface area (Å²) in [5.74, 6) is 0.871. The summed E-state index contributed by atoms with van der Waals surface area (Å²) < 4.78 is 0. The molecule has 0 aromatic heterocycles. The molecule has 0 aliphatic heterocycles. The molecule has 2 heteroatoms. The fraction of sp³-hybridized carbons (Fsp3) is 0.867. The number of ketones is 1. The molecule has 0 radical (unpaired) electrons. The smallest absolute Gasteiger partial charge is 0.141 e. The average Bonchev–Trinajstić information content (AvgIpc) is 2.24. The Morgan fingerprint density at radius 1 is 1.29 bits per heavy atom. The van der Waals surface area contributed by atoms with Gasteiger partial charge in [0.1, 0.15) is 5.78 Å². The zero-order chi connectivity index (χ0) is 13.5. The number of rotatable bonds is 8. The summed E-state index contributed by atoms with van der Waals surface area (Å²) >= 11 is 0. The Bertz CT molecular complexity index is 254. The first-order valence-corrected chi connectivity index (χ1v) is 6.87. The molecule has 1 unspecified atom stereocenters. The van der Waals surface area contributed by atoms with Gasteiger partial charge in [0.05, 0.1) is 5.92 Å². The van der Waals surface area contributed by atoms with Crippen LogP contribution in [0.2, 0.25) is 0 Å². The van der Waals surface area contributed by atoms with Gasteiger partial charge in [-0.25, -0.2) is 0 Å². The summed E-state index contributed by atoms with van der Waals surface area (Å²) in [5.41, 5.74) is 0.0206. The third-order valence-corrected chi connectivity index (χ3v) is 3.32. The van der Waals surface area contributed by atoms with E-state index in [1.807, 2.05) is 6.21 Å². The second kappa shape index (κ2) is 7.62. The number of hydrogen-bond donors (Lipinski definition) is 0. The van der Waals surface area contributed by atoms with Crippen molar-refractivity contribution in [1.82, 2.24) is 0 Å². The van der Waals surface area contributed by atoms with E-state index in [0.717, 1.165) is 19.4 Å². The molecular weight excluding hydrogens is 210 g/mol. The first kappa shape index (κ1) is 16.3. The molecule has 0 bridgehead atoms. The maximum atomic E-state index is 12.1. The van der Waals surface area contributed by atoms with Crippen molar-refractivity contribution in [1.29, 1.82) is 0 Å². The van der Waals surface area contributed by atoms with E-state index in [1.165, 1.54) is 0 Å². The molecule has 0 rings (SSSR count). The maximum Gasteiger partial charge on any atom is 0.141 e. The van der Waals surface area contributed by atoms with Crippen LogP contribution in [0.15, 0.2) is 4.99 Å². The summed E-state index contributed by atoms with van der Waals surface area (Å²) in [4.78, 5) is 16.6. The molecule has 0 aromatic rings. The quantitative estimate of drug-likeness (QED) is 0.585. The Labute approximate surface area is 107 Å². The maximum absolute atomic E-state index is 12.1. The predicted molar refractivity (Wildman–Crippen MR) is 75.7 cm³/mol. The zero-order valence-electron chi connectivity index (χ0n) is 12.4. The topological polar surface area (TPSA) is 29.4 Å².